The van der Waals surface area contributed by atoms with Crippen LogP contribution in [0.2, 0.25) is 0 Å². The van der Waals surface area contributed by atoms with Crippen molar-refractivity contribution in [3.63, 3.8) is 0 Å². The molecule has 3 nitrogen and oxygen atoms in total. The third-order valence-electron chi connectivity index (χ3n) is 2.63. The summed E-state index contributed by atoms with van der Waals surface area (Å²) < 4.78 is 0. The minimum absolute atomic E-state index is 0. The van der Waals surface area contributed by atoms with Crippen molar-refractivity contribution in [2.24, 2.45) is 5.73 Å². The quantitative estimate of drug-likeness (QED) is 0.848. The number of nitrogens with zero attached hydrogens (tertiary/aromatic N) is 1. The summed E-state index contributed by atoms with van der Waals surface area (Å²) in [5.74, 6) is 0. The molecule has 1 heterocycles. The number of piperazine rings is 1. The summed E-state index contributed by atoms with van der Waals surface area (Å²) in [6.45, 7) is 4.96. The third-order valence-corrected chi connectivity index (χ3v) is 2.63. The SMILES string of the molecule is Cl.Cl.NCc1cccc(N2CCNCC2)c1. The Morgan fingerprint density at radius 1 is 1.19 bits per heavy atom. The lowest BCUT2D eigenvalue weighted by molar-refractivity contribution is 0.589. The number of anilines is 1. The fourth-order valence-corrected chi connectivity index (χ4v) is 1.80. The lowest BCUT2D eigenvalue weighted by Gasteiger charge is -2.29. The van der Waals surface area contributed by atoms with Crippen molar-refractivity contribution in [3.05, 3.63) is 29.8 Å². The predicted molar refractivity (Wildman–Crippen MR) is 73.9 cm³/mol. The van der Waals surface area contributed by atoms with Crippen LogP contribution in [0.5, 0.6) is 0 Å². The lowest BCUT2D eigenvalue weighted by Crippen LogP contribution is -2.43. The summed E-state index contributed by atoms with van der Waals surface area (Å²) in [7, 11) is 0. The second-order valence-corrected chi connectivity index (χ2v) is 3.61. The Hall–Kier alpha value is -0.480. The molecule has 16 heavy (non-hydrogen) atoms. The van der Waals surface area contributed by atoms with Crippen LogP contribution in [0.25, 0.3) is 0 Å². The van der Waals surface area contributed by atoms with Gasteiger partial charge >= 0.3 is 0 Å². The molecule has 0 amide bonds. The van der Waals surface area contributed by atoms with Crippen LogP contribution in [0.3, 0.4) is 0 Å². The number of halogens is 2. The van der Waals surface area contributed by atoms with Crippen molar-refractivity contribution >= 4 is 30.5 Å². The zero-order valence-electron chi connectivity index (χ0n) is 9.19. The Balaban J connectivity index is 0.00000112. The summed E-state index contributed by atoms with van der Waals surface area (Å²) in [5, 5.41) is 3.35. The maximum atomic E-state index is 5.62. The van der Waals surface area contributed by atoms with Gasteiger partial charge in [-0.05, 0) is 17.7 Å². The van der Waals surface area contributed by atoms with Crippen LogP contribution in [0.4, 0.5) is 5.69 Å². The third kappa shape index (κ3) is 3.83. The summed E-state index contributed by atoms with van der Waals surface area (Å²) >= 11 is 0. The average Bonchev–Trinajstić information content (AvgIpc) is 2.30. The van der Waals surface area contributed by atoms with Crippen molar-refractivity contribution < 1.29 is 0 Å². The van der Waals surface area contributed by atoms with E-state index in [9.17, 15) is 0 Å². The summed E-state index contributed by atoms with van der Waals surface area (Å²) in [5.41, 5.74) is 8.13. The Bertz CT molecular complexity index is 301. The van der Waals surface area contributed by atoms with E-state index in [2.05, 4.69) is 34.5 Å². The van der Waals surface area contributed by atoms with Crippen molar-refractivity contribution in [1.29, 1.82) is 0 Å². The van der Waals surface area contributed by atoms with E-state index in [4.69, 9.17) is 5.73 Å². The second kappa shape index (κ2) is 7.74. The molecule has 92 valence electrons. The van der Waals surface area contributed by atoms with Gasteiger partial charge in [0.25, 0.3) is 0 Å². The number of hydrogen-bond donors (Lipinski definition) is 2. The van der Waals surface area contributed by atoms with Gasteiger partial charge in [0.2, 0.25) is 0 Å². The standard InChI is InChI=1S/C11H17N3.2ClH/c12-9-10-2-1-3-11(8-10)14-6-4-13-5-7-14;;/h1-3,8,13H,4-7,9,12H2;2*1H. The van der Waals surface area contributed by atoms with Crippen LogP contribution in [-0.4, -0.2) is 26.2 Å². The first-order valence-corrected chi connectivity index (χ1v) is 5.15. The monoisotopic (exact) mass is 263 g/mol. The maximum absolute atomic E-state index is 5.62. The first-order chi connectivity index (χ1) is 6.90. The fraction of sp³-hybridized carbons (Fsp3) is 0.455. The van der Waals surface area contributed by atoms with Gasteiger partial charge in [0.05, 0.1) is 0 Å². The highest BCUT2D eigenvalue weighted by atomic mass is 35.5. The number of benzene rings is 1. The normalized spacial score (nSPS) is 14.9. The van der Waals surface area contributed by atoms with E-state index in [1.54, 1.807) is 0 Å². The molecule has 1 saturated heterocycles. The zero-order chi connectivity index (χ0) is 9.80. The Kier molecular flexibility index (Phi) is 7.51. The molecule has 0 unspecified atom stereocenters. The van der Waals surface area contributed by atoms with E-state index >= 15 is 0 Å². The number of nitrogens with two attached hydrogens (primary N) is 1. The molecule has 1 aromatic carbocycles. The van der Waals surface area contributed by atoms with Gasteiger partial charge in [0.15, 0.2) is 0 Å². The number of nitrogens with one attached hydrogen (secondary N) is 1. The first kappa shape index (κ1) is 15.5. The lowest BCUT2D eigenvalue weighted by atomic mass is 10.2. The molecule has 0 aromatic heterocycles. The van der Waals surface area contributed by atoms with E-state index in [-0.39, 0.29) is 24.8 Å². The van der Waals surface area contributed by atoms with E-state index in [0.717, 1.165) is 26.2 Å². The second-order valence-electron chi connectivity index (χ2n) is 3.61. The van der Waals surface area contributed by atoms with E-state index in [1.165, 1.54) is 11.3 Å². The zero-order valence-corrected chi connectivity index (χ0v) is 10.8. The molecule has 1 aliphatic rings. The molecule has 0 atom stereocenters. The van der Waals surface area contributed by atoms with Gasteiger partial charge in [-0.15, -0.1) is 24.8 Å². The fourth-order valence-electron chi connectivity index (χ4n) is 1.80. The first-order valence-electron chi connectivity index (χ1n) is 5.15. The highest BCUT2D eigenvalue weighted by Crippen LogP contribution is 2.16. The van der Waals surface area contributed by atoms with E-state index in [0.29, 0.717) is 6.54 Å². The molecule has 1 fully saturated rings. The van der Waals surface area contributed by atoms with Gasteiger partial charge in [0, 0.05) is 38.4 Å². The largest absolute Gasteiger partial charge is 0.369 e. The van der Waals surface area contributed by atoms with Crippen LogP contribution in [0.15, 0.2) is 24.3 Å². The minimum atomic E-state index is 0. The Morgan fingerprint density at radius 2 is 1.88 bits per heavy atom. The highest BCUT2D eigenvalue weighted by Gasteiger charge is 2.09. The molecule has 1 aromatic rings. The minimum Gasteiger partial charge on any atom is -0.369 e. The van der Waals surface area contributed by atoms with Crippen molar-refractivity contribution in [2.45, 2.75) is 6.54 Å². The van der Waals surface area contributed by atoms with Gasteiger partial charge in [0.1, 0.15) is 0 Å². The Labute approximate surface area is 109 Å². The van der Waals surface area contributed by atoms with Gasteiger partial charge in [-0.25, -0.2) is 0 Å². The van der Waals surface area contributed by atoms with Gasteiger partial charge in [-0.2, -0.15) is 0 Å². The number of rotatable bonds is 2. The number of hydrogen-bond acceptors (Lipinski definition) is 3. The molecule has 0 aliphatic carbocycles. The molecule has 3 N–H and O–H groups in total. The molecule has 0 spiro atoms. The maximum Gasteiger partial charge on any atom is 0.0370 e. The summed E-state index contributed by atoms with van der Waals surface area (Å²) in [4.78, 5) is 2.40. The summed E-state index contributed by atoms with van der Waals surface area (Å²) in [6.07, 6.45) is 0. The summed E-state index contributed by atoms with van der Waals surface area (Å²) in [6, 6.07) is 8.50. The van der Waals surface area contributed by atoms with Crippen LogP contribution in [0, 0.1) is 0 Å². The van der Waals surface area contributed by atoms with Crippen LogP contribution in [0.1, 0.15) is 5.56 Å². The molecule has 2 rings (SSSR count). The molecular weight excluding hydrogens is 245 g/mol. The Morgan fingerprint density at radius 3 is 2.50 bits per heavy atom. The highest BCUT2D eigenvalue weighted by molar-refractivity contribution is 5.85. The molecule has 0 radical (unpaired) electrons. The van der Waals surface area contributed by atoms with E-state index < -0.39 is 0 Å². The van der Waals surface area contributed by atoms with Crippen LogP contribution >= 0.6 is 24.8 Å². The van der Waals surface area contributed by atoms with Crippen LogP contribution < -0.4 is 16.0 Å². The molecule has 0 saturated carbocycles. The van der Waals surface area contributed by atoms with E-state index in [1.807, 2.05) is 0 Å². The van der Waals surface area contributed by atoms with Crippen molar-refractivity contribution in [2.75, 3.05) is 31.1 Å². The van der Waals surface area contributed by atoms with Gasteiger partial charge in [-0.1, -0.05) is 12.1 Å². The predicted octanol–water partition coefficient (Wildman–Crippen LogP) is 1.40. The molecular formula is C11H19Cl2N3. The smallest absolute Gasteiger partial charge is 0.0370 e. The van der Waals surface area contributed by atoms with Crippen molar-refractivity contribution in [1.82, 2.24) is 5.32 Å². The molecule has 0 bridgehead atoms. The molecule has 1 aliphatic heterocycles. The van der Waals surface area contributed by atoms with Gasteiger partial charge < -0.3 is 16.0 Å². The van der Waals surface area contributed by atoms with Crippen LogP contribution in [-0.2, 0) is 6.54 Å². The van der Waals surface area contributed by atoms with Gasteiger partial charge in [-0.3, -0.25) is 0 Å². The topological polar surface area (TPSA) is 41.3 Å². The average molecular weight is 264 g/mol. The van der Waals surface area contributed by atoms with Crippen molar-refractivity contribution in [3.8, 4) is 0 Å². The molecule has 5 heteroatoms.